The van der Waals surface area contributed by atoms with Crippen molar-refractivity contribution in [2.24, 2.45) is 0 Å². The molecular formula is C11H17NO3S. The first-order valence-electron chi connectivity index (χ1n) is 5.53. The van der Waals surface area contributed by atoms with Crippen LogP contribution in [-0.4, -0.2) is 17.1 Å². The van der Waals surface area contributed by atoms with E-state index in [0.29, 0.717) is 13.0 Å². The predicted molar refractivity (Wildman–Crippen MR) is 63.7 cm³/mol. The number of carbonyl (C=O) groups is 1. The smallest absolute Gasteiger partial charge is 0.307 e. The van der Waals surface area contributed by atoms with Gasteiger partial charge in [-0.1, -0.05) is 17.8 Å². The van der Waals surface area contributed by atoms with Gasteiger partial charge in [-0.2, -0.15) is 0 Å². The van der Waals surface area contributed by atoms with E-state index in [0.717, 1.165) is 25.8 Å². The fourth-order valence-corrected chi connectivity index (χ4v) is 2.03. The summed E-state index contributed by atoms with van der Waals surface area (Å²) in [5.41, 5.74) is 0. The molecule has 0 atom stereocenters. The lowest BCUT2D eigenvalue weighted by Gasteiger charge is -2.02. The van der Waals surface area contributed by atoms with Crippen LogP contribution in [0.3, 0.4) is 0 Å². The van der Waals surface area contributed by atoms with Gasteiger partial charge in [0.05, 0.1) is 6.61 Å². The number of rotatable bonds is 7. The van der Waals surface area contributed by atoms with Gasteiger partial charge in [0.1, 0.15) is 0 Å². The highest BCUT2D eigenvalue weighted by Gasteiger charge is 2.01. The van der Waals surface area contributed by atoms with Crippen LogP contribution >= 0.6 is 11.3 Å². The van der Waals surface area contributed by atoms with E-state index in [-0.39, 0.29) is 10.8 Å². The van der Waals surface area contributed by atoms with Gasteiger partial charge in [0.2, 0.25) is 0 Å². The van der Waals surface area contributed by atoms with Crippen LogP contribution in [0.5, 0.6) is 0 Å². The lowest BCUT2D eigenvalue weighted by atomic mass is 10.2. The van der Waals surface area contributed by atoms with Crippen molar-refractivity contribution in [1.29, 1.82) is 0 Å². The number of thiazole rings is 1. The third-order valence-corrected chi connectivity index (χ3v) is 2.92. The molecule has 4 nitrogen and oxygen atoms in total. The zero-order chi connectivity index (χ0) is 11.8. The quantitative estimate of drug-likeness (QED) is 0.544. The molecule has 1 aromatic rings. The predicted octanol–water partition coefficient (Wildman–Crippen LogP) is 2.03. The van der Waals surface area contributed by atoms with Crippen LogP contribution in [0.2, 0.25) is 0 Å². The molecule has 1 heterocycles. The summed E-state index contributed by atoms with van der Waals surface area (Å²) in [6.07, 6.45) is 4.99. The van der Waals surface area contributed by atoms with Crippen LogP contribution in [0.4, 0.5) is 0 Å². The van der Waals surface area contributed by atoms with Crippen LogP contribution in [0, 0.1) is 0 Å². The lowest BCUT2D eigenvalue weighted by Crippen LogP contribution is -2.11. The standard InChI is InChI=1S/C11H17NO3S/c1-2-15-10(13)6-4-3-5-7-12-8-9-16-11(12)14/h8-9H,2-7H2,1H3. The van der Waals surface area contributed by atoms with Crippen LogP contribution in [0.25, 0.3) is 0 Å². The number of aryl methyl sites for hydroxylation is 1. The molecular weight excluding hydrogens is 226 g/mol. The van der Waals surface area contributed by atoms with E-state index in [4.69, 9.17) is 4.74 Å². The Morgan fingerprint density at radius 3 is 2.88 bits per heavy atom. The summed E-state index contributed by atoms with van der Waals surface area (Å²) >= 11 is 1.21. The summed E-state index contributed by atoms with van der Waals surface area (Å²) in [4.78, 5) is 22.3. The van der Waals surface area contributed by atoms with E-state index in [2.05, 4.69) is 0 Å². The zero-order valence-corrected chi connectivity index (χ0v) is 10.3. The van der Waals surface area contributed by atoms with Crippen molar-refractivity contribution in [3.05, 3.63) is 21.2 Å². The minimum absolute atomic E-state index is 0.0883. The molecule has 1 rings (SSSR count). The van der Waals surface area contributed by atoms with E-state index in [1.165, 1.54) is 11.3 Å². The van der Waals surface area contributed by atoms with Crippen LogP contribution < -0.4 is 4.87 Å². The molecule has 90 valence electrons. The molecule has 0 aromatic carbocycles. The van der Waals surface area contributed by atoms with Gasteiger partial charge in [0.25, 0.3) is 0 Å². The highest BCUT2D eigenvalue weighted by atomic mass is 32.1. The maximum Gasteiger partial charge on any atom is 0.307 e. The molecule has 0 bridgehead atoms. The van der Waals surface area contributed by atoms with Gasteiger partial charge >= 0.3 is 10.8 Å². The van der Waals surface area contributed by atoms with E-state index in [1.807, 2.05) is 0 Å². The minimum atomic E-state index is -0.129. The molecule has 16 heavy (non-hydrogen) atoms. The van der Waals surface area contributed by atoms with Crippen molar-refractivity contribution in [2.45, 2.75) is 39.2 Å². The maximum atomic E-state index is 11.2. The highest BCUT2D eigenvalue weighted by Crippen LogP contribution is 2.03. The Morgan fingerprint density at radius 1 is 1.44 bits per heavy atom. The Labute approximate surface area is 98.9 Å². The van der Waals surface area contributed by atoms with Crippen LogP contribution in [-0.2, 0) is 16.1 Å². The lowest BCUT2D eigenvalue weighted by molar-refractivity contribution is -0.143. The molecule has 0 fully saturated rings. The Hall–Kier alpha value is -1.10. The fraction of sp³-hybridized carbons (Fsp3) is 0.636. The van der Waals surface area contributed by atoms with Crippen molar-refractivity contribution in [2.75, 3.05) is 6.61 Å². The molecule has 0 N–H and O–H groups in total. The number of hydrogen-bond donors (Lipinski definition) is 0. The zero-order valence-electron chi connectivity index (χ0n) is 9.48. The molecule has 0 aliphatic rings. The van der Waals surface area contributed by atoms with Crippen molar-refractivity contribution in [3.8, 4) is 0 Å². The Balaban J connectivity index is 2.07. The molecule has 0 spiro atoms. The number of aromatic nitrogens is 1. The second-order valence-corrected chi connectivity index (χ2v) is 4.34. The average Bonchev–Trinajstić information content (AvgIpc) is 2.64. The van der Waals surface area contributed by atoms with Crippen LogP contribution in [0.15, 0.2) is 16.4 Å². The van der Waals surface area contributed by atoms with Crippen LogP contribution in [0.1, 0.15) is 32.6 Å². The third-order valence-electron chi connectivity index (χ3n) is 2.23. The number of unbranched alkanes of at least 4 members (excludes halogenated alkanes) is 2. The first-order valence-corrected chi connectivity index (χ1v) is 6.41. The number of carbonyl (C=O) groups excluding carboxylic acids is 1. The average molecular weight is 243 g/mol. The minimum Gasteiger partial charge on any atom is -0.466 e. The third kappa shape index (κ3) is 4.61. The number of ether oxygens (including phenoxy) is 1. The maximum absolute atomic E-state index is 11.2. The number of nitrogens with zero attached hydrogens (tertiary/aromatic N) is 1. The van der Waals surface area contributed by atoms with Gasteiger partial charge in [0.15, 0.2) is 0 Å². The Kier molecular flexibility index (Phi) is 5.85. The molecule has 0 aliphatic carbocycles. The van der Waals surface area contributed by atoms with Crippen molar-refractivity contribution >= 4 is 17.3 Å². The summed E-state index contributed by atoms with van der Waals surface area (Å²) in [6, 6.07) is 0. The van der Waals surface area contributed by atoms with E-state index >= 15 is 0 Å². The van der Waals surface area contributed by atoms with Crippen molar-refractivity contribution in [3.63, 3.8) is 0 Å². The summed E-state index contributed by atoms with van der Waals surface area (Å²) in [6.45, 7) is 3.00. The number of esters is 1. The van der Waals surface area contributed by atoms with Gasteiger partial charge in [-0.05, 0) is 19.8 Å². The summed E-state index contributed by atoms with van der Waals surface area (Å²) in [5, 5.41) is 1.79. The topological polar surface area (TPSA) is 48.3 Å². The molecule has 0 saturated carbocycles. The van der Waals surface area contributed by atoms with Gasteiger partial charge in [0, 0.05) is 24.5 Å². The Morgan fingerprint density at radius 2 is 2.25 bits per heavy atom. The van der Waals surface area contributed by atoms with Gasteiger partial charge in [-0.25, -0.2) is 0 Å². The first-order chi connectivity index (χ1) is 7.74. The summed E-state index contributed by atoms with van der Waals surface area (Å²) in [7, 11) is 0. The monoisotopic (exact) mass is 243 g/mol. The highest BCUT2D eigenvalue weighted by molar-refractivity contribution is 7.07. The molecule has 0 radical (unpaired) electrons. The van der Waals surface area contributed by atoms with Gasteiger partial charge in [-0.3, -0.25) is 9.59 Å². The van der Waals surface area contributed by atoms with E-state index < -0.39 is 0 Å². The van der Waals surface area contributed by atoms with E-state index in [9.17, 15) is 9.59 Å². The normalized spacial score (nSPS) is 10.3. The molecule has 0 saturated heterocycles. The largest absolute Gasteiger partial charge is 0.466 e. The summed E-state index contributed by atoms with van der Waals surface area (Å²) < 4.78 is 6.52. The van der Waals surface area contributed by atoms with Crippen molar-refractivity contribution < 1.29 is 9.53 Å². The van der Waals surface area contributed by atoms with Gasteiger partial charge in [-0.15, -0.1) is 0 Å². The molecule has 1 aromatic heterocycles. The SMILES string of the molecule is CCOC(=O)CCCCCn1ccsc1=O. The second kappa shape index (κ2) is 7.22. The van der Waals surface area contributed by atoms with Gasteiger partial charge < -0.3 is 9.30 Å². The molecule has 0 amide bonds. The molecule has 0 aliphatic heterocycles. The Bertz CT molecular complexity index is 369. The first kappa shape index (κ1) is 13.0. The number of hydrogen-bond acceptors (Lipinski definition) is 4. The molecule has 5 heteroatoms. The fourth-order valence-electron chi connectivity index (χ4n) is 1.42. The van der Waals surface area contributed by atoms with E-state index in [1.54, 1.807) is 23.1 Å². The second-order valence-electron chi connectivity index (χ2n) is 3.48. The molecule has 0 unspecified atom stereocenters. The van der Waals surface area contributed by atoms with Crippen molar-refractivity contribution in [1.82, 2.24) is 4.57 Å². The summed E-state index contributed by atoms with van der Waals surface area (Å²) in [5.74, 6) is -0.129.